The lowest BCUT2D eigenvalue weighted by atomic mass is 10.1. The van der Waals surface area contributed by atoms with Crippen LogP contribution in [-0.4, -0.2) is 39.8 Å². The van der Waals surface area contributed by atoms with Crippen molar-refractivity contribution in [2.24, 2.45) is 0 Å². The molecular weight excluding hydrogens is 318 g/mol. The molecule has 2 heterocycles. The van der Waals surface area contributed by atoms with E-state index in [9.17, 15) is 4.79 Å². The van der Waals surface area contributed by atoms with Crippen molar-refractivity contribution in [1.82, 2.24) is 9.97 Å². The minimum Gasteiger partial charge on any atom is -0.396 e. The second kappa shape index (κ2) is 7.13. The van der Waals surface area contributed by atoms with E-state index in [-0.39, 0.29) is 19.1 Å². The number of pyridine rings is 2. The molecule has 0 spiro atoms. The van der Waals surface area contributed by atoms with E-state index in [0.29, 0.717) is 12.1 Å². The second-order valence-electron chi connectivity index (χ2n) is 6.47. The Morgan fingerprint density at radius 2 is 1.92 bits per heavy atom. The quantitative estimate of drug-likeness (QED) is 0.675. The Hall–Kier alpha value is -2.57. The molecule has 3 rings (SSSR count). The van der Waals surface area contributed by atoms with Gasteiger partial charge < -0.3 is 15.2 Å². The molecule has 2 N–H and O–H groups in total. The third-order valence-corrected chi connectivity index (χ3v) is 4.04. The molecule has 25 heavy (non-hydrogen) atoms. The van der Waals surface area contributed by atoms with Gasteiger partial charge in [0.05, 0.1) is 22.3 Å². The number of carbonyl (C=O) groups excluding carboxylic acids is 1. The van der Waals surface area contributed by atoms with E-state index in [1.54, 1.807) is 12.4 Å². The van der Waals surface area contributed by atoms with Gasteiger partial charge in [0, 0.05) is 29.8 Å². The van der Waals surface area contributed by atoms with Crippen LogP contribution in [0.25, 0.3) is 21.8 Å². The first kappa shape index (κ1) is 17.3. The molecule has 1 amide bonds. The van der Waals surface area contributed by atoms with Crippen LogP contribution in [-0.2, 0) is 9.53 Å². The largest absolute Gasteiger partial charge is 0.396 e. The van der Waals surface area contributed by atoms with Crippen molar-refractivity contribution >= 4 is 33.4 Å². The fourth-order valence-electron chi connectivity index (χ4n) is 2.67. The highest BCUT2D eigenvalue weighted by Crippen LogP contribution is 2.29. The molecule has 1 aromatic carbocycles. The Labute approximate surface area is 145 Å². The maximum atomic E-state index is 12.3. The Bertz CT molecular complexity index is 909. The number of rotatable bonds is 6. The summed E-state index contributed by atoms with van der Waals surface area (Å²) >= 11 is 0. The lowest BCUT2D eigenvalue weighted by Crippen LogP contribution is -2.31. The van der Waals surface area contributed by atoms with Gasteiger partial charge >= 0.3 is 0 Å². The molecule has 0 aliphatic carbocycles. The molecule has 6 heteroatoms. The van der Waals surface area contributed by atoms with Crippen molar-refractivity contribution in [3.05, 3.63) is 42.7 Å². The van der Waals surface area contributed by atoms with Crippen molar-refractivity contribution in [1.29, 1.82) is 0 Å². The Morgan fingerprint density at radius 3 is 2.68 bits per heavy atom. The minimum absolute atomic E-state index is 0.0165. The molecule has 2 aromatic heterocycles. The van der Waals surface area contributed by atoms with Gasteiger partial charge in [-0.05, 0) is 44.5 Å². The molecule has 0 bridgehead atoms. The number of nitrogens with zero attached hydrogens (tertiary/aromatic N) is 2. The number of carbonyl (C=O) groups is 1. The predicted molar refractivity (Wildman–Crippen MR) is 97.4 cm³/mol. The summed E-state index contributed by atoms with van der Waals surface area (Å²) in [5.74, 6) is -0.251. The van der Waals surface area contributed by atoms with Crippen LogP contribution in [0.1, 0.15) is 20.3 Å². The second-order valence-corrected chi connectivity index (χ2v) is 6.47. The lowest BCUT2D eigenvalue weighted by molar-refractivity contribution is -0.127. The molecule has 0 saturated heterocycles. The van der Waals surface area contributed by atoms with Gasteiger partial charge in [0.1, 0.15) is 6.61 Å². The lowest BCUT2D eigenvalue weighted by Gasteiger charge is -2.24. The number of ether oxygens (including phenoxy) is 1. The van der Waals surface area contributed by atoms with Gasteiger partial charge in [-0.15, -0.1) is 0 Å². The standard InChI is InChI=1S/C19H21N3O3/c1-19(2,7-10-23)25-12-16(24)22-15-11-13-5-3-8-20-17(13)18-14(15)6-4-9-21-18/h3-6,8-9,11,23H,7,10,12H2,1-2H3,(H,22,24). The van der Waals surface area contributed by atoms with E-state index in [2.05, 4.69) is 15.3 Å². The smallest absolute Gasteiger partial charge is 0.250 e. The molecule has 6 nitrogen and oxygen atoms in total. The van der Waals surface area contributed by atoms with Crippen LogP contribution in [0.15, 0.2) is 42.7 Å². The van der Waals surface area contributed by atoms with E-state index < -0.39 is 5.60 Å². The maximum absolute atomic E-state index is 12.3. The highest BCUT2D eigenvalue weighted by Gasteiger charge is 2.19. The number of hydrogen-bond donors (Lipinski definition) is 2. The van der Waals surface area contributed by atoms with E-state index >= 15 is 0 Å². The van der Waals surface area contributed by atoms with Crippen molar-refractivity contribution in [3.63, 3.8) is 0 Å². The number of hydrogen-bond acceptors (Lipinski definition) is 5. The number of anilines is 1. The first-order valence-electron chi connectivity index (χ1n) is 8.17. The maximum Gasteiger partial charge on any atom is 0.250 e. The molecule has 0 aliphatic rings. The number of benzene rings is 1. The fourth-order valence-corrected chi connectivity index (χ4v) is 2.67. The summed E-state index contributed by atoms with van der Waals surface area (Å²) < 4.78 is 5.60. The summed E-state index contributed by atoms with van der Waals surface area (Å²) in [4.78, 5) is 21.1. The summed E-state index contributed by atoms with van der Waals surface area (Å²) in [6, 6.07) is 9.41. The van der Waals surface area contributed by atoms with Crippen LogP contribution in [0.5, 0.6) is 0 Å². The first-order chi connectivity index (χ1) is 12.0. The van der Waals surface area contributed by atoms with Gasteiger partial charge in [-0.2, -0.15) is 0 Å². The van der Waals surface area contributed by atoms with E-state index in [4.69, 9.17) is 9.84 Å². The van der Waals surface area contributed by atoms with Crippen molar-refractivity contribution in [2.45, 2.75) is 25.9 Å². The summed E-state index contributed by atoms with van der Waals surface area (Å²) in [7, 11) is 0. The monoisotopic (exact) mass is 339 g/mol. The number of fused-ring (bicyclic) bond motifs is 3. The van der Waals surface area contributed by atoms with Gasteiger partial charge in [-0.3, -0.25) is 14.8 Å². The van der Waals surface area contributed by atoms with Gasteiger partial charge in [0.25, 0.3) is 0 Å². The van der Waals surface area contributed by atoms with Crippen LogP contribution >= 0.6 is 0 Å². The molecule has 0 unspecified atom stereocenters. The van der Waals surface area contributed by atoms with E-state index in [1.165, 1.54) is 0 Å². The third kappa shape index (κ3) is 3.92. The van der Waals surface area contributed by atoms with Crippen molar-refractivity contribution in [3.8, 4) is 0 Å². The minimum atomic E-state index is -0.553. The fraction of sp³-hybridized carbons (Fsp3) is 0.316. The average Bonchev–Trinajstić information content (AvgIpc) is 2.60. The molecule has 130 valence electrons. The zero-order chi connectivity index (χ0) is 17.9. The van der Waals surface area contributed by atoms with Crippen LogP contribution in [0.3, 0.4) is 0 Å². The summed E-state index contributed by atoms with van der Waals surface area (Å²) in [5, 5.41) is 13.7. The van der Waals surface area contributed by atoms with Crippen LogP contribution < -0.4 is 5.32 Å². The Morgan fingerprint density at radius 1 is 1.20 bits per heavy atom. The van der Waals surface area contributed by atoms with Crippen LogP contribution in [0, 0.1) is 0 Å². The molecule has 0 aliphatic heterocycles. The van der Waals surface area contributed by atoms with Gasteiger partial charge in [-0.1, -0.05) is 6.07 Å². The molecule has 0 atom stereocenters. The average molecular weight is 339 g/mol. The van der Waals surface area contributed by atoms with Crippen molar-refractivity contribution < 1.29 is 14.6 Å². The first-order valence-corrected chi connectivity index (χ1v) is 8.17. The number of aliphatic hydroxyl groups excluding tert-OH is 1. The normalized spacial score (nSPS) is 11.8. The summed E-state index contributed by atoms with van der Waals surface area (Å²) in [5.41, 5.74) is 1.68. The molecule has 3 aromatic rings. The van der Waals surface area contributed by atoms with Crippen molar-refractivity contribution in [2.75, 3.05) is 18.5 Å². The van der Waals surface area contributed by atoms with Gasteiger partial charge in [0.15, 0.2) is 0 Å². The number of aliphatic hydroxyl groups is 1. The number of nitrogens with one attached hydrogen (secondary N) is 1. The molecule has 0 fully saturated rings. The van der Waals surface area contributed by atoms with E-state index in [0.717, 1.165) is 21.8 Å². The summed E-state index contributed by atoms with van der Waals surface area (Å²) in [6.07, 6.45) is 3.91. The highest BCUT2D eigenvalue weighted by molar-refractivity contribution is 6.12. The third-order valence-electron chi connectivity index (χ3n) is 4.04. The topological polar surface area (TPSA) is 84.3 Å². The molecule has 0 radical (unpaired) electrons. The van der Waals surface area contributed by atoms with Crippen LogP contribution in [0.4, 0.5) is 5.69 Å². The van der Waals surface area contributed by atoms with Gasteiger partial charge in [-0.25, -0.2) is 0 Å². The molecular formula is C19H21N3O3. The molecule has 0 saturated carbocycles. The SMILES string of the molecule is CC(C)(CCO)OCC(=O)Nc1cc2cccnc2c2ncccc12. The Balaban J connectivity index is 1.86. The van der Waals surface area contributed by atoms with E-state index in [1.807, 2.05) is 44.2 Å². The zero-order valence-electron chi connectivity index (χ0n) is 14.3. The summed E-state index contributed by atoms with van der Waals surface area (Å²) in [6.45, 7) is 3.62. The Kier molecular flexibility index (Phi) is 4.92. The predicted octanol–water partition coefficient (Wildman–Crippen LogP) is 2.90. The van der Waals surface area contributed by atoms with Crippen LogP contribution in [0.2, 0.25) is 0 Å². The number of amides is 1. The van der Waals surface area contributed by atoms with Gasteiger partial charge in [0.2, 0.25) is 5.91 Å². The number of aromatic nitrogens is 2. The zero-order valence-corrected chi connectivity index (χ0v) is 14.3. The highest BCUT2D eigenvalue weighted by atomic mass is 16.5.